The van der Waals surface area contributed by atoms with Crippen LogP contribution in [0.5, 0.6) is 0 Å². The van der Waals surface area contributed by atoms with Crippen molar-refractivity contribution in [2.24, 2.45) is 10.8 Å². The van der Waals surface area contributed by atoms with Crippen LogP contribution in [0.3, 0.4) is 0 Å². The summed E-state index contributed by atoms with van der Waals surface area (Å²) in [5.74, 6) is 2.57. The fourth-order valence-electron chi connectivity index (χ4n) is 3.88. The number of benzene rings is 1. The number of carbonyl (C=O) groups is 1. The summed E-state index contributed by atoms with van der Waals surface area (Å²) in [4.78, 5) is 12.0. The normalized spacial score (nSPS) is 32.3. The van der Waals surface area contributed by atoms with Gasteiger partial charge in [0.25, 0.3) is 0 Å². The summed E-state index contributed by atoms with van der Waals surface area (Å²) in [5, 5.41) is 3.25. The zero-order chi connectivity index (χ0) is 14.2. The van der Waals surface area contributed by atoms with Gasteiger partial charge in [-0.15, -0.1) is 0 Å². The largest absolute Gasteiger partial charge is 0.352 e. The first-order valence-electron chi connectivity index (χ1n) is 7.40. The lowest BCUT2D eigenvalue weighted by atomic mass is 9.69. The summed E-state index contributed by atoms with van der Waals surface area (Å²) in [6.07, 6.45) is 2.83. The molecule has 1 spiro atoms. The van der Waals surface area contributed by atoms with Crippen LogP contribution in [0.1, 0.15) is 32.3 Å². The number of nitrogens with one attached hydrogen (secondary N) is 1. The minimum Gasteiger partial charge on any atom is -0.352 e. The van der Waals surface area contributed by atoms with Crippen molar-refractivity contribution in [3.63, 3.8) is 0 Å². The highest BCUT2D eigenvalue weighted by molar-refractivity contribution is 7.99. The average Bonchev–Trinajstić information content (AvgIpc) is 2.64. The van der Waals surface area contributed by atoms with Crippen LogP contribution in [-0.2, 0) is 11.2 Å². The fraction of sp³-hybridized carbons (Fsp3) is 0.588. The van der Waals surface area contributed by atoms with E-state index in [1.54, 1.807) is 0 Å². The van der Waals surface area contributed by atoms with Gasteiger partial charge < -0.3 is 5.32 Å². The van der Waals surface area contributed by atoms with Gasteiger partial charge >= 0.3 is 0 Å². The second-order valence-corrected chi connectivity index (χ2v) is 8.17. The van der Waals surface area contributed by atoms with Gasteiger partial charge in [-0.3, -0.25) is 4.79 Å². The molecule has 108 valence electrons. The summed E-state index contributed by atoms with van der Waals surface area (Å²) in [6, 6.07) is 10.8. The van der Waals surface area contributed by atoms with Crippen LogP contribution >= 0.6 is 11.8 Å². The Morgan fingerprint density at radius 3 is 2.70 bits per heavy atom. The fourth-order valence-corrected chi connectivity index (χ4v) is 5.45. The molecule has 20 heavy (non-hydrogen) atoms. The van der Waals surface area contributed by atoms with Gasteiger partial charge in [0.05, 0.1) is 0 Å². The molecule has 0 saturated carbocycles. The molecule has 2 saturated heterocycles. The molecule has 2 unspecified atom stereocenters. The summed E-state index contributed by atoms with van der Waals surface area (Å²) in [7, 11) is 0. The molecule has 2 nitrogen and oxygen atoms in total. The first-order valence-corrected chi connectivity index (χ1v) is 8.56. The van der Waals surface area contributed by atoms with E-state index in [4.69, 9.17) is 0 Å². The number of hydrogen-bond acceptors (Lipinski definition) is 2. The average molecular weight is 289 g/mol. The number of hydrogen-bond donors (Lipinski definition) is 1. The Hall–Kier alpha value is -0.960. The lowest BCUT2D eigenvalue weighted by molar-refractivity contribution is -0.119. The van der Waals surface area contributed by atoms with E-state index in [2.05, 4.69) is 43.4 Å². The molecule has 0 aromatic heterocycles. The molecule has 1 N–H and O–H groups in total. The minimum atomic E-state index is 0.152. The van der Waals surface area contributed by atoms with E-state index in [-0.39, 0.29) is 11.3 Å². The van der Waals surface area contributed by atoms with E-state index in [1.807, 2.05) is 17.8 Å². The molecular formula is C17H23NOS. The topological polar surface area (TPSA) is 29.1 Å². The highest BCUT2D eigenvalue weighted by atomic mass is 32.2. The highest BCUT2D eigenvalue weighted by Gasteiger charge is 2.51. The Balaban J connectivity index is 1.83. The van der Waals surface area contributed by atoms with E-state index < -0.39 is 0 Å². The molecule has 2 aliphatic heterocycles. The van der Waals surface area contributed by atoms with Crippen molar-refractivity contribution in [1.29, 1.82) is 0 Å². The first-order chi connectivity index (χ1) is 9.49. The molecule has 0 radical (unpaired) electrons. The second kappa shape index (κ2) is 5.10. The van der Waals surface area contributed by atoms with Crippen molar-refractivity contribution in [2.45, 2.75) is 39.2 Å². The van der Waals surface area contributed by atoms with Crippen LogP contribution in [0.4, 0.5) is 0 Å². The van der Waals surface area contributed by atoms with Gasteiger partial charge in [0.2, 0.25) is 5.91 Å². The lowest BCUT2D eigenvalue weighted by Crippen LogP contribution is -2.46. The molecule has 2 fully saturated rings. The third kappa shape index (κ3) is 2.73. The van der Waals surface area contributed by atoms with Crippen molar-refractivity contribution in [2.75, 3.05) is 11.5 Å². The number of carbonyl (C=O) groups excluding carboxylic acids is 1. The number of thioether (sulfide) groups is 1. The standard InChI is InChI=1S/C17H23NOS/c1-16(2)10-17(12-20-11-16)9-15(19)18-14(17)8-13-6-4-3-5-7-13/h3-7,14H,8-12H2,1-2H3,(H,18,19). The molecule has 2 atom stereocenters. The predicted molar refractivity (Wildman–Crippen MR) is 84.8 cm³/mol. The lowest BCUT2D eigenvalue weighted by Gasteiger charge is -2.45. The third-order valence-corrected chi connectivity index (χ3v) is 6.35. The molecule has 0 aliphatic carbocycles. The maximum atomic E-state index is 12.0. The van der Waals surface area contributed by atoms with Crippen molar-refractivity contribution >= 4 is 17.7 Å². The zero-order valence-electron chi connectivity index (χ0n) is 12.3. The van der Waals surface area contributed by atoms with Gasteiger partial charge in [-0.05, 0) is 29.6 Å². The Kier molecular flexibility index (Phi) is 3.57. The molecule has 3 heteroatoms. The summed E-state index contributed by atoms with van der Waals surface area (Å²) >= 11 is 2.02. The SMILES string of the molecule is CC1(C)CSCC2(CC(=O)NC2Cc2ccccc2)C1. The van der Waals surface area contributed by atoms with Gasteiger partial charge in [-0.2, -0.15) is 11.8 Å². The second-order valence-electron chi connectivity index (χ2n) is 7.18. The Morgan fingerprint density at radius 1 is 1.25 bits per heavy atom. The minimum absolute atomic E-state index is 0.152. The quantitative estimate of drug-likeness (QED) is 0.905. The summed E-state index contributed by atoms with van der Waals surface area (Å²) in [6.45, 7) is 4.67. The Labute approximate surface area is 125 Å². The molecule has 0 bridgehead atoms. The van der Waals surface area contributed by atoms with E-state index in [1.165, 1.54) is 11.3 Å². The van der Waals surface area contributed by atoms with Crippen LogP contribution in [0.25, 0.3) is 0 Å². The van der Waals surface area contributed by atoms with Gasteiger partial charge in [0.15, 0.2) is 0 Å². The van der Waals surface area contributed by atoms with E-state index in [0.717, 1.165) is 18.6 Å². The van der Waals surface area contributed by atoms with Crippen molar-refractivity contribution in [3.8, 4) is 0 Å². The summed E-state index contributed by atoms with van der Waals surface area (Å²) in [5.41, 5.74) is 1.82. The molecule has 1 amide bonds. The van der Waals surface area contributed by atoms with E-state index in [0.29, 0.717) is 17.9 Å². The van der Waals surface area contributed by atoms with Gasteiger partial charge in [-0.25, -0.2) is 0 Å². The van der Waals surface area contributed by atoms with E-state index in [9.17, 15) is 4.79 Å². The van der Waals surface area contributed by atoms with Crippen LogP contribution in [-0.4, -0.2) is 23.5 Å². The maximum Gasteiger partial charge on any atom is 0.220 e. The van der Waals surface area contributed by atoms with Crippen LogP contribution in [0, 0.1) is 10.8 Å². The first kappa shape index (κ1) is 14.0. The van der Waals surface area contributed by atoms with Gasteiger partial charge in [0, 0.05) is 23.6 Å². The van der Waals surface area contributed by atoms with Crippen molar-refractivity contribution in [1.82, 2.24) is 5.32 Å². The van der Waals surface area contributed by atoms with Gasteiger partial charge in [-0.1, -0.05) is 44.2 Å². The Morgan fingerprint density at radius 2 is 2.00 bits per heavy atom. The molecule has 1 aromatic rings. The summed E-state index contributed by atoms with van der Waals surface area (Å²) < 4.78 is 0. The van der Waals surface area contributed by atoms with Crippen LogP contribution < -0.4 is 5.32 Å². The van der Waals surface area contributed by atoms with Crippen LogP contribution in [0.15, 0.2) is 30.3 Å². The zero-order valence-corrected chi connectivity index (χ0v) is 13.1. The molecular weight excluding hydrogens is 266 g/mol. The number of rotatable bonds is 2. The molecule has 3 rings (SSSR count). The predicted octanol–water partition coefficient (Wildman–Crippen LogP) is 3.27. The molecule has 2 aliphatic rings. The monoisotopic (exact) mass is 289 g/mol. The van der Waals surface area contributed by atoms with Crippen LogP contribution in [0.2, 0.25) is 0 Å². The maximum absolute atomic E-state index is 12.0. The molecule has 1 aromatic carbocycles. The number of amides is 1. The van der Waals surface area contributed by atoms with Gasteiger partial charge in [0.1, 0.15) is 0 Å². The van der Waals surface area contributed by atoms with Crippen molar-refractivity contribution in [3.05, 3.63) is 35.9 Å². The smallest absolute Gasteiger partial charge is 0.220 e. The third-order valence-electron chi connectivity index (χ3n) is 4.58. The van der Waals surface area contributed by atoms with E-state index >= 15 is 0 Å². The highest BCUT2D eigenvalue weighted by Crippen LogP contribution is 2.50. The Bertz CT molecular complexity index is 499. The molecule has 2 heterocycles. The van der Waals surface area contributed by atoms with Crippen molar-refractivity contribution < 1.29 is 4.79 Å².